The van der Waals surface area contributed by atoms with Crippen molar-refractivity contribution in [3.8, 4) is 0 Å². The largest absolute Gasteiger partial charge is 0.332 e. The molecule has 0 aliphatic carbocycles. The Bertz CT molecular complexity index is 693. The number of unbranched alkanes of at least 4 members (excludes halogenated alkanes) is 9. The van der Waals surface area contributed by atoms with Crippen molar-refractivity contribution in [2.45, 2.75) is 83.7 Å². The molecule has 168 valence electrons. The molecule has 2 amide bonds. The summed E-state index contributed by atoms with van der Waals surface area (Å²) < 4.78 is 0. The van der Waals surface area contributed by atoms with Gasteiger partial charge in [-0.15, -0.1) is 0 Å². The molecule has 0 saturated heterocycles. The molecule has 0 atom stereocenters. The van der Waals surface area contributed by atoms with Crippen molar-refractivity contribution < 1.29 is 9.59 Å². The average molecular weight is 423 g/mol. The van der Waals surface area contributed by atoms with Crippen molar-refractivity contribution in [3.05, 3.63) is 71.8 Å². The summed E-state index contributed by atoms with van der Waals surface area (Å²) in [6.45, 7) is 2.25. The Morgan fingerprint density at radius 1 is 0.613 bits per heavy atom. The minimum Gasteiger partial charge on any atom is -0.332 e. The molecule has 0 heterocycles. The van der Waals surface area contributed by atoms with Gasteiger partial charge in [0.25, 0.3) is 11.8 Å². The normalized spacial score (nSPS) is 10.8. The van der Waals surface area contributed by atoms with Crippen molar-refractivity contribution >= 4 is 11.8 Å². The Hall–Kier alpha value is -2.62. The van der Waals surface area contributed by atoms with Crippen LogP contribution in [-0.4, -0.2) is 18.0 Å². The summed E-state index contributed by atoms with van der Waals surface area (Å²) >= 11 is 0. The summed E-state index contributed by atoms with van der Waals surface area (Å²) in [6, 6.07) is 18.3. The Morgan fingerprint density at radius 3 is 1.42 bits per heavy atom. The summed E-state index contributed by atoms with van der Waals surface area (Å²) in [7, 11) is 0. The lowest BCUT2D eigenvalue weighted by Crippen LogP contribution is -2.48. The molecule has 0 spiro atoms. The standard InChI is InChI=1S/C27H38N2O2/c1-2-3-4-5-6-7-8-9-10-17-22-25(28-26(30)23-18-13-11-14-19-23)29-27(31)24-20-15-12-16-21-24/h11-16,18-21,25H,2-10,17,22H2,1H3,(H,28,30)(H,29,31). The van der Waals surface area contributed by atoms with Gasteiger partial charge in [0, 0.05) is 11.1 Å². The van der Waals surface area contributed by atoms with Crippen molar-refractivity contribution in [3.63, 3.8) is 0 Å². The number of nitrogens with one attached hydrogen (secondary N) is 2. The fraction of sp³-hybridized carbons (Fsp3) is 0.481. The maximum Gasteiger partial charge on any atom is 0.252 e. The van der Waals surface area contributed by atoms with Crippen LogP contribution in [0.15, 0.2) is 60.7 Å². The second-order valence-corrected chi connectivity index (χ2v) is 8.20. The molecular formula is C27H38N2O2. The zero-order valence-corrected chi connectivity index (χ0v) is 18.9. The smallest absolute Gasteiger partial charge is 0.252 e. The van der Waals surface area contributed by atoms with Crippen LogP contribution in [0.4, 0.5) is 0 Å². The fourth-order valence-electron chi connectivity index (χ4n) is 3.68. The number of rotatable bonds is 15. The van der Waals surface area contributed by atoms with E-state index in [1.165, 1.54) is 51.4 Å². The lowest BCUT2D eigenvalue weighted by molar-refractivity contribution is 0.0879. The first-order valence-electron chi connectivity index (χ1n) is 11.9. The summed E-state index contributed by atoms with van der Waals surface area (Å²) in [5, 5.41) is 5.99. The van der Waals surface area contributed by atoms with E-state index in [4.69, 9.17) is 0 Å². The van der Waals surface area contributed by atoms with E-state index in [-0.39, 0.29) is 18.0 Å². The van der Waals surface area contributed by atoms with E-state index in [9.17, 15) is 9.59 Å². The van der Waals surface area contributed by atoms with E-state index < -0.39 is 0 Å². The first-order valence-corrected chi connectivity index (χ1v) is 11.9. The fourth-order valence-corrected chi connectivity index (χ4v) is 3.68. The van der Waals surface area contributed by atoms with Crippen molar-refractivity contribution in [1.29, 1.82) is 0 Å². The first-order chi connectivity index (χ1) is 15.2. The molecule has 2 N–H and O–H groups in total. The van der Waals surface area contributed by atoms with Crippen LogP contribution in [0.25, 0.3) is 0 Å². The number of carbonyl (C=O) groups is 2. The van der Waals surface area contributed by atoms with Gasteiger partial charge in [0.05, 0.1) is 0 Å². The zero-order valence-electron chi connectivity index (χ0n) is 18.9. The first kappa shape index (κ1) is 24.6. The van der Waals surface area contributed by atoms with Gasteiger partial charge in [0.15, 0.2) is 0 Å². The molecule has 2 aromatic carbocycles. The van der Waals surface area contributed by atoms with Gasteiger partial charge in [0.2, 0.25) is 0 Å². The molecule has 2 aromatic rings. The predicted octanol–water partition coefficient (Wildman–Crippen LogP) is 6.48. The highest BCUT2D eigenvalue weighted by Crippen LogP contribution is 2.12. The lowest BCUT2D eigenvalue weighted by Gasteiger charge is -2.20. The second kappa shape index (κ2) is 15.2. The third-order valence-corrected chi connectivity index (χ3v) is 5.53. The number of carbonyl (C=O) groups excluding carboxylic acids is 2. The quantitative estimate of drug-likeness (QED) is 0.255. The van der Waals surface area contributed by atoms with Gasteiger partial charge >= 0.3 is 0 Å². The molecule has 0 unspecified atom stereocenters. The van der Waals surface area contributed by atoms with E-state index in [0.717, 1.165) is 19.3 Å². The summed E-state index contributed by atoms with van der Waals surface area (Å²) in [5.74, 6) is -0.322. The number of benzene rings is 2. The topological polar surface area (TPSA) is 58.2 Å². The average Bonchev–Trinajstić information content (AvgIpc) is 2.81. The zero-order chi connectivity index (χ0) is 22.2. The van der Waals surface area contributed by atoms with Crippen LogP contribution < -0.4 is 10.6 Å². The van der Waals surface area contributed by atoms with Gasteiger partial charge in [0.1, 0.15) is 6.17 Å². The summed E-state index contributed by atoms with van der Waals surface area (Å²) in [6.07, 6.45) is 12.9. The van der Waals surface area contributed by atoms with Gasteiger partial charge in [-0.1, -0.05) is 101 Å². The molecule has 31 heavy (non-hydrogen) atoms. The van der Waals surface area contributed by atoms with Crippen LogP contribution in [0.5, 0.6) is 0 Å². The van der Waals surface area contributed by atoms with Crippen LogP contribution in [0.1, 0.15) is 98.3 Å². The molecular weight excluding hydrogens is 384 g/mol. The van der Waals surface area contributed by atoms with E-state index >= 15 is 0 Å². The summed E-state index contributed by atoms with van der Waals surface area (Å²) in [4.78, 5) is 25.2. The minimum absolute atomic E-state index is 0.161. The number of hydrogen-bond donors (Lipinski definition) is 2. The third kappa shape index (κ3) is 10.3. The number of hydrogen-bond acceptors (Lipinski definition) is 2. The Labute approximate surface area is 187 Å². The van der Waals surface area contributed by atoms with Gasteiger partial charge < -0.3 is 10.6 Å². The van der Waals surface area contributed by atoms with Gasteiger partial charge in [-0.2, -0.15) is 0 Å². The van der Waals surface area contributed by atoms with E-state index in [1.807, 2.05) is 36.4 Å². The molecule has 0 aromatic heterocycles. The summed E-state index contributed by atoms with van der Waals surface area (Å²) in [5.41, 5.74) is 1.20. The maximum atomic E-state index is 12.6. The highest BCUT2D eigenvalue weighted by atomic mass is 16.2. The highest BCUT2D eigenvalue weighted by molar-refractivity contribution is 5.96. The monoisotopic (exact) mass is 422 g/mol. The highest BCUT2D eigenvalue weighted by Gasteiger charge is 2.16. The van der Waals surface area contributed by atoms with Crippen LogP contribution in [0.3, 0.4) is 0 Å². The molecule has 4 heteroatoms. The molecule has 2 rings (SSSR count). The lowest BCUT2D eigenvalue weighted by atomic mass is 10.1. The van der Waals surface area contributed by atoms with Gasteiger partial charge in [-0.05, 0) is 37.1 Å². The van der Waals surface area contributed by atoms with E-state index in [1.54, 1.807) is 24.3 Å². The van der Waals surface area contributed by atoms with Crippen LogP contribution in [0, 0.1) is 0 Å². The molecule has 4 nitrogen and oxygen atoms in total. The molecule has 0 aliphatic heterocycles. The van der Waals surface area contributed by atoms with Crippen LogP contribution in [0.2, 0.25) is 0 Å². The number of amides is 2. The van der Waals surface area contributed by atoms with Crippen LogP contribution >= 0.6 is 0 Å². The maximum absolute atomic E-state index is 12.6. The molecule has 0 radical (unpaired) electrons. The van der Waals surface area contributed by atoms with Crippen LogP contribution in [-0.2, 0) is 0 Å². The van der Waals surface area contributed by atoms with Crippen molar-refractivity contribution in [2.24, 2.45) is 0 Å². The predicted molar refractivity (Wildman–Crippen MR) is 128 cm³/mol. The van der Waals surface area contributed by atoms with Crippen molar-refractivity contribution in [1.82, 2.24) is 10.6 Å². The minimum atomic E-state index is -0.380. The van der Waals surface area contributed by atoms with Gasteiger partial charge in [-0.25, -0.2) is 0 Å². The Morgan fingerprint density at radius 2 is 1.00 bits per heavy atom. The van der Waals surface area contributed by atoms with E-state index in [0.29, 0.717) is 11.1 Å². The molecule has 0 bridgehead atoms. The van der Waals surface area contributed by atoms with Crippen molar-refractivity contribution in [2.75, 3.05) is 0 Å². The molecule has 0 fully saturated rings. The Kier molecular flexibility index (Phi) is 12.1. The molecule has 0 saturated carbocycles. The molecule has 0 aliphatic rings. The second-order valence-electron chi connectivity index (χ2n) is 8.20. The van der Waals surface area contributed by atoms with Gasteiger partial charge in [-0.3, -0.25) is 9.59 Å². The third-order valence-electron chi connectivity index (χ3n) is 5.53. The Balaban J connectivity index is 1.77. The van der Waals surface area contributed by atoms with E-state index in [2.05, 4.69) is 17.6 Å². The SMILES string of the molecule is CCCCCCCCCCCCC(NC(=O)c1ccccc1)NC(=O)c1ccccc1.